The van der Waals surface area contributed by atoms with Gasteiger partial charge >= 0.3 is 11.9 Å². The fourth-order valence-corrected chi connectivity index (χ4v) is 7.16. The molecule has 1 heterocycles. The van der Waals surface area contributed by atoms with Gasteiger partial charge in [-0.25, -0.2) is 0 Å². The van der Waals surface area contributed by atoms with Crippen LogP contribution >= 0.6 is 0 Å². The molecule has 4 unspecified atom stereocenters. The second-order valence-corrected chi connectivity index (χ2v) is 10.9. The summed E-state index contributed by atoms with van der Waals surface area (Å²) < 4.78 is 12.0. The van der Waals surface area contributed by atoms with Gasteiger partial charge in [0.2, 0.25) is 0 Å². The summed E-state index contributed by atoms with van der Waals surface area (Å²) >= 11 is 0. The van der Waals surface area contributed by atoms with Crippen molar-refractivity contribution in [3.63, 3.8) is 0 Å². The van der Waals surface area contributed by atoms with E-state index in [-0.39, 0.29) is 35.9 Å². The van der Waals surface area contributed by atoms with Gasteiger partial charge in [-0.05, 0) is 55.8 Å². The maximum Gasteiger partial charge on any atom is 0.306 e. The molecule has 1 saturated heterocycles. The maximum atomic E-state index is 12.1. The topological polar surface area (TPSA) is 93.1 Å². The molecule has 32 heavy (non-hydrogen) atoms. The SMILES string of the molecule is CCC(=O)O.CCCCC(=O)O[C@H]1CC[C@@]2(C)C(=C[C@H](O)C3C4OCC5C[C@@]54CCC32)C1. The molecule has 0 aromatic rings. The molecule has 180 valence electrons. The van der Waals surface area contributed by atoms with Crippen LogP contribution in [-0.4, -0.2) is 47.1 Å². The highest BCUT2D eigenvalue weighted by molar-refractivity contribution is 5.69. The fourth-order valence-electron chi connectivity index (χ4n) is 7.16. The number of rotatable bonds is 5. The lowest BCUT2D eigenvalue weighted by atomic mass is 9.50. The van der Waals surface area contributed by atoms with Crippen molar-refractivity contribution < 1.29 is 29.3 Å². The van der Waals surface area contributed by atoms with Crippen LogP contribution in [0.3, 0.4) is 0 Å². The van der Waals surface area contributed by atoms with Gasteiger partial charge in [0.25, 0.3) is 0 Å². The third kappa shape index (κ3) is 4.13. The number of esters is 1. The normalized spacial score (nSPS) is 43.3. The Kier molecular flexibility index (Phi) is 6.75. The third-order valence-corrected chi connectivity index (χ3v) is 9.14. The van der Waals surface area contributed by atoms with Gasteiger partial charge in [0.1, 0.15) is 6.10 Å². The molecule has 0 aromatic heterocycles. The molecular formula is C26H40O6. The fraction of sp³-hybridized carbons (Fsp3) is 0.846. The third-order valence-electron chi connectivity index (χ3n) is 9.14. The minimum Gasteiger partial charge on any atom is -0.481 e. The lowest BCUT2D eigenvalue weighted by Gasteiger charge is -2.56. The Morgan fingerprint density at radius 1 is 1.25 bits per heavy atom. The summed E-state index contributed by atoms with van der Waals surface area (Å²) in [5.74, 6) is 0.707. The monoisotopic (exact) mass is 448 g/mol. The lowest BCUT2D eigenvalue weighted by molar-refractivity contribution is -0.153. The van der Waals surface area contributed by atoms with Gasteiger partial charge in [-0.2, -0.15) is 0 Å². The zero-order chi connectivity index (χ0) is 23.1. The van der Waals surface area contributed by atoms with Crippen molar-refractivity contribution in [3.8, 4) is 0 Å². The number of carbonyl (C=O) groups is 2. The van der Waals surface area contributed by atoms with Crippen molar-refractivity contribution in [2.75, 3.05) is 6.61 Å². The van der Waals surface area contributed by atoms with Gasteiger partial charge < -0.3 is 19.7 Å². The molecule has 4 aliphatic carbocycles. The van der Waals surface area contributed by atoms with Crippen molar-refractivity contribution in [3.05, 3.63) is 11.6 Å². The molecule has 0 amide bonds. The van der Waals surface area contributed by atoms with E-state index in [1.165, 1.54) is 24.8 Å². The molecule has 0 bridgehead atoms. The Hall–Kier alpha value is -1.40. The van der Waals surface area contributed by atoms with Crippen LogP contribution in [0.4, 0.5) is 0 Å². The van der Waals surface area contributed by atoms with Crippen LogP contribution in [0, 0.1) is 28.6 Å². The average molecular weight is 449 g/mol. The highest BCUT2D eigenvalue weighted by atomic mass is 16.5. The quantitative estimate of drug-likeness (QED) is 0.475. The van der Waals surface area contributed by atoms with Crippen LogP contribution in [0.25, 0.3) is 0 Å². The van der Waals surface area contributed by atoms with Gasteiger partial charge in [-0.15, -0.1) is 0 Å². The van der Waals surface area contributed by atoms with Crippen molar-refractivity contribution in [1.29, 1.82) is 0 Å². The summed E-state index contributed by atoms with van der Waals surface area (Å²) in [6, 6.07) is 0. The number of ether oxygens (including phenoxy) is 2. The zero-order valence-electron chi connectivity index (χ0n) is 19.8. The smallest absolute Gasteiger partial charge is 0.306 e. The number of fused-ring (bicyclic) bond motifs is 4. The first-order valence-corrected chi connectivity index (χ1v) is 12.7. The summed E-state index contributed by atoms with van der Waals surface area (Å²) in [6.45, 7) is 7.00. The number of carbonyl (C=O) groups excluding carboxylic acids is 1. The van der Waals surface area contributed by atoms with Crippen LogP contribution in [0.2, 0.25) is 0 Å². The molecule has 4 fully saturated rings. The predicted octanol–water partition coefficient (Wildman–Crippen LogP) is 4.49. The van der Waals surface area contributed by atoms with E-state index in [0.29, 0.717) is 17.8 Å². The molecule has 6 nitrogen and oxygen atoms in total. The van der Waals surface area contributed by atoms with E-state index in [1.54, 1.807) is 6.92 Å². The summed E-state index contributed by atoms with van der Waals surface area (Å²) in [5, 5.41) is 18.8. The predicted molar refractivity (Wildman–Crippen MR) is 120 cm³/mol. The van der Waals surface area contributed by atoms with E-state index in [2.05, 4.69) is 19.9 Å². The molecule has 1 spiro atoms. The number of aliphatic carboxylic acids is 1. The van der Waals surface area contributed by atoms with Gasteiger partial charge in [0.05, 0.1) is 18.8 Å². The minimum absolute atomic E-state index is 0.0112. The van der Waals surface area contributed by atoms with Crippen molar-refractivity contribution >= 4 is 11.9 Å². The van der Waals surface area contributed by atoms with Crippen molar-refractivity contribution in [2.45, 2.75) is 103 Å². The Labute approximate surface area is 191 Å². The second-order valence-electron chi connectivity index (χ2n) is 10.9. The van der Waals surface area contributed by atoms with Gasteiger partial charge in [0, 0.05) is 30.6 Å². The van der Waals surface area contributed by atoms with E-state index in [4.69, 9.17) is 14.6 Å². The molecule has 5 rings (SSSR count). The lowest BCUT2D eigenvalue weighted by Crippen LogP contribution is -2.55. The van der Waals surface area contributed by atoms with E-state index in [9.17, 15) is 14.7 Å². The van der Waals surface area contributed by atoms with Crippen LogP contribution in [0.1, 0.15) is 85.0 Å². The molecular weight excluding hydrogens is 408 g/mol. The average Bonchev–Trinajstić information content (AvgIpc) is 3.34. The van der Waals surface area contributed by atoms with Gasteiger partial charge in [-0.1, -0.05) is 38.8 Å². The molecule has 8 atom stereocenters. The Balaban J connectivity index is 0.000000444. The van der Waals surface area contributed by atoms with Crippen molar-refractivity contribution in [1.82, 2.24) is 0 Å². The Morgan fingerprint density at radius 3 is 2.66 bits per heavy atom. The van der Waals surface area contributed by atoms with E-state index in [1.807, 2.05) is 0 Å². The first kappa shape index (κ1) is 23.7. The maximum absolute atomic E-state index is 12.1. The molecule has 2 N–H and O–H groups in total. The Morgan fingerprint density at radius 2 is 2.00 bits per heavy atom. The highest BCUT2D eigenvalue weighted by Crippen LogP contribution is 2.71. The molecule has 3 saturated carbocycles. The summed E-state index contributed by atoms with van der Waals surface area (Å²) in [6.07, 6.45) is 11.2. The van der Waals surface area contributed by atoms with Crippen LogP contribution in [0.5, 0.6) is 0 Å². The first-order valence-electron chi connectivity index (χ1n) is 12.7. The second kappa shape index (κ2) is 9.09. The van der Waals surface area contributed by atoms with E-state index in [0.717, 1.165) is 44.6 Å². The van der Waals surface area contributed by atoms with Crippen LogP contribution < -0.4 is 0 Å². The standard InChI is InChI=1S/C23H34O4.C3H6O2/c1-3-4-5-19(25)27-16-6-8-22(2)14(10-16)11-18(24)20-17(22)7-9-23-12-15(23)13-26-21(20)23;1-2-3(4)5/h11,15-18,20-21,24H,3-10,12-13H2,1-2H3;2H2,1H3,(H,4,5)/t15?,16-,17?,18-,20?,21?,22-,23-;/m0./s1. The number of hydrogen-bond acceptors (Lipinski definition) is 5. The number of carboxylic acids is 1. The number of carboxylic acid groups (broad SMARTS) is 1. The summed E-state index contributed by atoms with van der Waals surface area (Å²) in [7, 11) is 0. The molecule has 0 radical (unpaired) electrons. The van der Waals surface area contributed by atoms with Crippen LogP contribution in [-0.2, 0) is 19.1 Å². The number of hydrogen-bond donors (Lipinski definition) is 2. The number of aliphatic hydroxyl groups is 1. The van der Waals surface area contributed by atoms with Crippen LogP contribution in [0.15, 0.2) is 11.6 Å². The molecule has 5 aliphatic rings. The summed E-state index contributed by atoms with van der Waals surface area (Å²) in [5.41, 5.74) is 1.86. The molecule has 6 heteroatoms. The Bertz CT molecular complexity index is 761. The molecule has 0 aromatic carbocycles. The van der Waals surface area contributed by atoms with Gasteiger partial charge in [-0.3, -0.25) is 9.59 Å². The van der Waals surface area contributed by atoms with Crippen molar-refractivity contribution in [2.24, 2.45) is 28.6 Å². The highest BCUT2D eigenvalue weighted by Gasteiger charge is 2.70. The van der Waals surface area contributed by atoms with E-state index >= 15 is 0 Å². The molecule has 1 aliphatic heterocycles. The summed E-state index contributed by atoms with van der Waals surface area (Å²) in [4.78, 5) is 21.4. The first-order chi connectivity index (χ1) is 15.2. The van der Waals surface area contributed by atoms with Gasteiger partial charge in [0.15, 0.2) is 0 Å². The number of aliphatic hydroxyl groups excluding tert-OH is 1. The number of unbranched alkanes of at least 4 members (excludes halogenated alkanes) is 1. The van der Waals surface area contributed by atoms with E-state index < -0.39 is 12.1 Å². The minimum atomic E-state index is -0.745. The zero-order valence-corrected chi connectivity index (χ0v) is 19.8. The largest absolute Gasteiger partial charge is 0.481 e.